The molecule has 0 spiro atoms. The van der Waals surface area contributed by atoms with E-state index in [1.807, 2.05) is 11.6 Å². The molecular formula is C20H18ClN3S. The van der Waals surface area contributed by atoms with Crippen LogP contribution in [0, 0.1) is 6.92 Å². The zero-order chi connectivity index (χ0) is 17.0. The van der Waals surface area contributed by atoms with Crippen molar-refractivity contribution in [2.75, 3.05) is 11.4 Å². The molecular weight excluding hydrogens is 350 g/mol. The second-order valence-electron chi connectivity index (χ2n) is 6.71. The van der Waals surface area contributed by atoms with E-state index in [9.17, 15) is 0 Å². The largest absolute Gasteiger partial charge is 0.349 e. The lowest BCUT2D eigenvalue weighted by atomic mass is 10.1. The van der Waals surface area contributed by atoms with Crippen LogP contribution in [0.15, 0.2) is 53.8 Å². The number of hydrogen-bond acceptors (Lipinski definition) is 4. The molecule has 1 atom stereocenters. The van der Waals surface area contributed by atoms with Gasteiger partial charge in [-0.25, -0.2) is 4.98 Å². The highest BCUT2D eigenvalue weighted by Gasteiger charge is 2.37. The molecule has 25 heavy (non-hydrogen) atoms. The summed E-state index contributed by atoms with van der Waals surface area (Å²) < 4.78 is 1.24. The van der Waals surface area contributed by atoms with Gasteiger partial charge in [-0.05, 0) is 55.2 Å². The molecule has 5 heteroatoms. The van der Waals surface area contributed by atoms with Gasteiger partial charge in [0.2, 0.25) is 0 Å². The highest BCUT2D eigenvalue weighted by molar-refractivity contribution is 7.16. The van der Waals surface area contributed by atoms with Gasteiger partial charge in [0.05, 0.1) is 15.7 Å². The van der Waals surface area contributed by atoms with E-state index in [-0.39, 0.29) is 6.17 Å². The SMILES string of the molecule is Cc1ccc(Cl)cc1N1C=C2CCCN2C1c1ccc2ncsc2c1. The molecule has 0 N–H and O–H groups in total. The topological polar surface area (TPSA) is 19.4 Å². The highest BCUT2D eigenvalue weighted by Crippen LogP contribution is 2.44. The molecule has 3 nitrogen and oxygen atoms in total. The molecule has 2 aromatic carbocycles. The second kappa shape index (κ2) is 5.75. The van der Waals surface area contributed by atoms with Gasteiger partial charge in [-0.1, -0.05) is 23.7 Å². The van der Waals surface area contributed by atoms with E-state index >= 15 is 0 Å². The first-order valence-corrected chi connectivity index (χ1v) is 9.81. The van der Waals surface area contributed by atoms with Gasteiger partial charge in [0.1, 0.15) is 6.17 Å². The van der Waals surface area contributed by atoms with E-state index in [1.54, 1.807) is 11.3 Å². The molecule has 2 aliphatic heterocycles. The first kappa shape index (κ1) is 15.2. The number of halogens is 1. The maximum absolute atomic E-state index is 6.31. The molecule has 1 fully saturated rings. The van der Waals surface area contributed by atoms with Crippen molar-refractivity contribution in [3.63, 3.8) is 0 Å². The van der Waals surface area contributed by atoms with Crippen LogP contribution in [-0.4, -0.2) is 16.4 Å². The first-order valence-electron chi connectivity index (χ1n) is 8.56. The Morgan fingerprint density at radius 1 is 1.20 bits per heavy atom. The van der Waals surface area contributed by atoms with Crippen molar-refractivity contribution in [1.82, 2.24) is 9.88 Å². The molecule has 1 aromatic heterocycles. The van der Waals surface area contributed by atoms with Crippen molar-refractivity contribution in [1.29, 1.82) is 0 Å². The van der Waals surface area contributed by atoms with Crippen LogP contribution in [0.1, 0.15) is 30.1 Å². The van der Waals surface area contributed by atoms with E-state index in [0.29, 0.717) is 0 Å². The molecule has 1 unspecified atom stereocenters. The van der Waals surface area contributed by atoms with Crippen LogP contribution in [0.25, 0.3) is 10.2 Å². The summed E-state index contributed by atoms with van der Waals surface area (Å²) in [4.78, 5) is 9.33. The number of allylic oxidation sites excluding steroid dienone is 1. The summed E-state index contributed by atoms with van der Waals surface area (Å²) >= 11 is 8.01. The number of fused-ring (bicyclic) bond motifs is 2. The zero-order valence-electron chi connectivity index (χ0n) is 13.9. The molecule has 0 amide bonds. The maximum Gasteiger partial charge on any atom is 0.132 e. The van der Waals surface area contributed by atoms with Crippen LogP contribution < -0.4 is 4.90 Å². The Bertz CT molecular complexity index is 994. The number of benzene rings is 2. The third-order valence-corrected chi connectivity index (χ3v) is 6.18. The van der Waals surface area contributed by atoms with E-state index < -0.39 is 0 Å². The average molecular weight is 368 g/mol. The Hall–Kier alpha value is -2.04. The van der Waals surface area contributed by atoms with Gasteiger partial charge < -0.3 is 9.80 Å². The fourth-order valence-electron chi connectivity index (χ4n) is 3.95. The zero-order valence-corrected chi connectivity index (χ0v) is 15.5. The third kappa shape index (κ3) is 2.43. The summed E-state index contributed by atoms with van der Waals surface area (Å²) in [5.41, 5.74) is 8.15. The van der Waals surface area contributed by atoms with E-state index in [0.717, 1.165) is 23.5 Å². The summed E-state index contributed by atoms with van der Waals surface area (Å²) in [6.45, 7) is 3.25. The molecule has 5 rings (SSSR count). The number of anilines is 1. The van der Waals surface area contributed by atoms with Crippen LogP contribution >= 0.6 is 22.9 Å². The number of rotatable bonds is 2. The minimum atomic E-state index is 0.196. The predicted molar refractivity (Wildman–Crippen MR) is 105 cm³/mol. The fraction of sp³-hybridized carbons (Fsp3) is 0.250. The van der Waals surface area contributed by atoms with Crippen molar-refractivity contribution in [2.24, 2.45) is 0 Å². The minimum absolute atomic E-state index is 0.196. The van der Waals surface area contributed by atoms with Crippen LogP contribution in [0.4, 0.5) is 5.69 Å². The Kier molecular flexibility index (Phi) is 3.50. The highest BCUT2D eigenvalue weighted by atomic mass is 35.5. The number of nitrogens with zero attached hydrogens (tertiary/aromatic N) is 3. The molecule has 0 radical (unpaired) electrons. The van der Waals surface area contributed by atoms with Gasteiger partial charge in [-0.15, -0.1) is 11.3 Å². The van der Waals surface area contributed by atoms with Crippen molar-refractivity contribution >= 4 is 38.8 Å². The van der Waals surface area contributed by atoms with Crippen LogP contribution in [-0.2, 0) is 0 Å². The first-order chi connectivity index (χ1) is 12.2. The summed E-state index contributed by atoms with van der Waals surface area (Å²) in [6.07, 6.45) is 4.89. The van der Waals surface area contributed by atoms with E-state index in [1.165, 1.54) is 33.6 Å². The Labute approximate surface area is 156 Å². The van der Waals surface area contributed by atoms with Crippen molar-refractivity contribution in [2.45, 2.75) is 25.9 Å². The lowest BCUT2D eigenvalue weighted by Crippen LogP contribution is -2.31. The molecule has 3 heterocycles. The molecule has 126 valence electrons. The Morgan fingerprint density at radius 2 is 2.12 bits per heavy atom. The van der Waals surface area contributed by atoms with E-state index in [4.69, 9.17) is 11.6 Å². The lowest BCUT2D eigenvalue weighted by Gasteiger charge is -2.33. The molecule has 0 aliphatic carbocycles. The molecule has 0 saturated carbocycles. The summed E-state index contributed by atoms with van der Waals surface area (Å²) in [5.74, 6) is 0. The predicted octanol–water partition coefficient (Wildman–Crippen LogP) is 5.71. The third-order valence-electron chi connectivity index (χ3n) is 5.15. The van der Waals surface area contributed by atoms with Crippen molar-refractivity contribution in [3.05, 3.63) is 70.0 Å². The molecule has 1 saturated heterocycles. The quantitative estimate of drug-likeness (QED) is 0.578. The average Bonchev–Trinajstić information content (AvgIpc) is 3.30. The lowest BCUT2D eigenvalue weighted by molar-refractivity contribution is 0.319. The second-order valence-corrected chi connectivity index (χ2v) is 8.03. The molecule has 3 aromatic rings. The van der Waals surface area contributed by atoms with Crippen LogP contribution in [0.5, 0.6) is 0 Å². The van der Waals surface area contributed by atoms with E-state index in [2.05, 4.69) is 58.2 Å². The van der Waals surface area contributed by atoms with Gasteiger partial charge in [0.25, 0.3) is 0 Å². The van der Waals surface area contributed by atoms with Crippen molar-refractivity contribution < 1.29 is 0 Å². The Balaban J connectivity index is 1.65. The summed E-state index contributed by atoms with van der Waals surface area (Å²) in [5, 5.41) is 0.780. The van der Waals surface area contributed by atoms with Gasteiger partial charge in [-0.3, -0.25) is 0 Å². The van der Waals surface area contributed by atoms with Crippen LogP contribution in [0.2, 0.25) is 5.02 Å². The van der Waals surface area contributed by atoms with Gasteiger partial charge in [-0.2, -0.15) is 0 Å². The molecule has 2 aliphatic rings. The number of aryl methyl sites for hydroxylation is 1. The fourth-order valence-corrected chi connectivity index (χ4v) is 4.84. The molecule has 0 bridgehead atoms. The number of hydrogen-bond donors (Lipinski definition) is 0. The van der Waals surface area contributed by atoms with Crippen molar-refractivity contribution in [3.8, 4) is 0 Å². The Morgan fingerprint density at radius 3 is 3.04 bits per heavy atom. The number of aromatic nitrogens is 1. The smallest absolute Gasteiger partial charge is 0.132 e. The number of thiazole rings is 1. The normalized spacial score (nSPS) is 19.6. The van der Waals surface area contributed by atoms with Gasteiger partial charge in [0, 0.05) is 29.2 Å². The maximum atomic E-state index is 6.31. The van der Waals surface area contributed by atoms with Gasteiger partial charge >= 0.3 is 0 Å². The monoisotopic (exact) mass is 367 g/mol. The summed E-state index contributed by atoms with van der Waals surface area (Å²) in [6, 6.07) is 12.8. The minimum Gasteiger partial charge on any atom is -0.349 e. The van der Waals surface area contributed by atoms with Gasteiger partial charge in [0.15, 0.2) is 0 Å². The van der Waals surface area contributed by atoms with Crippen LogP contribution in [0.3, 0.4) is 0 Å². The summed E-state index contributed by atoms with van der Waals surface area (Å²) in [7, 11) is 0. The standard InChI is InChI=1S/C20H18ClN3S/c1-13-4-6-15(21)10-18(13)24-11-16-3-2-8-23(16)20(24)14-5-7-17-19(9-14)25-12-22-17/h4-7,9-12,20H,2-3,8H2,1H3.